The van der Waals surface area contributed by atoms with Crippen molar-refractivity contribution in [2.45, 2.75) is 31.3 Å². The molecule has 0 aliphatic carbocycles. The predicted octanol–water partition coefficient (Wildman–Crippen LogP) is 5.86. The number of benzene rings is 2. The summed E-state index contributed by atoms with van der Waals surface area (Å²) in [7, 11) is -1.84. The van der Waals surface area contributed by atoms with Gasteiger partial charge in [0.1, 0.15) is 5.82 Å². The summed E-state index contributed by atoms with van der Waals surface area (Å²) in [6.07, 6.45) is 3.42. The molecule has 0 amide bonds. The third kappa shape index (κ3) is 4.98. The molecule has 3 unspecified atom stereocenters. The minimum atomic E-state index is -3.10. The lowest BCUT2D eigenvalue weighted by Gasteiger charge is -2.34. The van der Waals surface area contributed by atoms with Crippen LogP contribution >= 0.6 is 8.03 Å². The van der Waals surface area contributed by atoms with E-state index in [0.29, 0.717) is 16.8 Å². The van der Waals surface area contributed by atoms with Crippen molar-refractivity contribution in [3.63, 3.8) is 0 Å². The van der Waals surface area contributed by atoms with Crippen LogP contribution in [0.4, 0.5) is 4.39 Å². The van der Waals surface area contributed by atoms with Crippen molar-refractivity contribution in [3.05, 3.63) is 89.9 Å². The Labute approximate surface area is 187 Å². The number of aromatic nitrogens is 1. The fourth-order valence-corrected chi connectivity index (χ4v) is 5.06. The standard InChI is InChI=1S/C25H27FNO4P/c1-17(2)14-15-25(24(28)29,32(30)31-3)21(16-18-8-11-20(26)12-9-18)23-13-10-19-6-4-5-7-22(19)27-23/h4-15,17,21,32H,16H2,1-3H3,(H,28,29). The van der Waals surface area contributed by atoms with Gasteiger partial charge in [-0.2, -0.15) is 0 Å². The van der Waals surface area contributed by atoms with E-state index in [1.54, 1.807) is 24.3 Å². The van der Waals surface area contributed by atoms with Crippen LogP contribution in [0.25, 0.3) is 10.9 Å². The maximum absolute atomic E-state index is 13.5. The quantitative estimate of drug-likeness (QED) is 0.323. The molecular formula is C25H27FNO4P. The molecule has 3 rings (SSSR count). The Hall–Kier alpha value is -2.82. The highest BCUT2D eigenvalue weighted by Crippen LogP contribution is 2.51. The molecule has 0 bridgehead atoms. The van der Waals surface area contributed by atoms with Crippen LogP contribution in [0.3, 0.4) is 0 Å². The molecule has 3 aromatic rings. The number of carbonyl (C=O) groups is 1. The van der Waals surface area contributed by atoms with Gasteiger partial charge in [-0.3, -0.25) is 14.3 Å². The highest BCUT2D eigenvalue weighted by molar-refractivity contribution is 7.43. The number of pyridine rings is 1. The van der Waals surface area contributed by atoms with Crippen LogP contribution in [0.15, 0.2) is 72.8 Å². The van der Waals surface area contributed by atoms with Gasteiger partial charge >= 0.3 is 5.97 Å². The van der Waals surface area contributed by atoms with Gasteiger partial charge in [-0.15, -0.1) is 0 Å². The van der Waals surface area contributed by atoms with Crippen LogP contribution in [-0.2, 0) is 20.3 Å². The molecule has 1 heterocycles. The summed E-state index contributed by atoms with van der Waals surface area (Å²) in [6.45, 7) is 3.83. The molecule has 32 heavy (non-hydrogen) atoms. The molecule has 0 aliphatic heterocycles. The number of allylic oxidation sites excluding steroid dienone is 1. The number of para-hydroxylation sites is 1. The summed E-state index contributed by atoms with van der Waals surface area (Å²) in [5.74, 6) is -2.40. The summed E-state index contributed by atoms with van der Waals surface area (Å²) in [5, 5.41) is 9.50. The van der Waals surface area contributed by atoms with Crippen molar-refractivity contribution < 1.29 is 23.4 Å². The molecular weight excluding hydrogens is 428 g/mol. The van der Waals surface area contributed by atoms with E-state index in [2.05, 4.69) is 0 Å². The number of hydrogen-bond donors (Lipinski definition) is 1. The van der Waals surface area contributed by atoms with E-state index < -0.39 is 25.1 Å². The molecule has 0 saturated heterocycles. The Morgan fingerprint density at radius 2 is 1.84 bits per heavy atom. The zero-order valence-corrected chi connectivity index (χ0v) is 19.3. The smallest absolute Gasteiger partial charge is 0.323 e. The lowest BCUT2D eigenvalue weighted by molar-refractivity contribution is -0.139. The fourth-order valence-electron chi connectivity index (χ4n) is 3.78. The van der Waals surface area contributed by atoms with Crippen LogP contribution in [0.5, 0.6) is 0 Å². The number of halogens is 1. The van der Waals surface area contributed by atoms with Gasteiger partial charge in [0.2, 0.25) is 8.03 Å². The molecule has 0 spiro atoms. The molecule has 1 N–H and O–H groups in total. The molecule has 1 aromatic heterocycles. The molecule has 0 fully saturated rings. The first-order chi connectivity index (χ1) is 15.3. The second kappa shape index (κ2) is 10.2. The second-order valence-corrected chi connectivity index (χ2v) is 9.89. The first kappa shape index (κ1) is 23.8. The lowest BCUT2D eigenvalue weighted by Crippen LogP contribution is -2.41. The molecule has 2 aromatic carbocycles. The Balaban J connectivity index is 2.26. The number of rotatable bonds is 9. The molecule has 0 radical (unpaired) electrons. The van der Waals surface area contributed by atoms with Crippen molar-refractivity contribution >= 4 is 24.9 Å². The van der Waals surface area contributed by atoms with Gasteiger partial charge in [0.05, 0.1) is 5.52 Å². The van der Waals surface area contributed by atoms with Crippen LogP contribution in [0.2, 0.25) is 0 Å². The number of aliphatic carboxylic acids is 1. The van der Waals surface area contributed by atoms with Gasteiger partial charge in [-0.25, -0.2) is 4.39 Å². The van der Waals surface area contributed by atoms with E-state index in [9.17, 15) is 18.9 Å². The van der Waals surface area contributed by atoms with Crippen LogP contribution in [0.1, 0.15) is 31.0 Å². The van der Waals surface area contributed by atoms with E-state index in [1.165, 1.54) is 25.3 Å². The number of fused-ring (bicyclic) bond motifs is 1. The van der Waals surface area contributed by atoms with Crippen molar-refractivity contribution in [1.29, 1.82) is 0 Å². The molecule has 168 valence electrons. The molecule has 0 saturated carbocycles. The SMILES string of the molecule is CO[PH](=O)C(C=CC(C)C)(C(=O)O)C(Cc1ccc(F)cc1)c1ccc2ccccc2n1. The number of nitrogens with zero attached hydrogens (tertiary/aromatic N) is 1. The van der Waals surface area contributed by atoms with Gasteiger partial charge in [-0.1, -0.05) is 62.4 Å². The monoisotopic (exact) mass is 455 g/mol. The minimum absolute atomic E-state index is 0.0383. The summed E-state index contributed by atoms with van der Waals surface area (Å²) >= 11 is 0. The van der Waals surface area contributed by atoms with Crippen LogP contribution in [-0.4, -0.2) is 28.3 Å². The predicted molar refractivity (Wildman–Crippen MR) is 125 cm³/mol. The Kier molecular flexibility index (Phi) is 7.60. The largest absolute Gasteiger partial charge is 0.480 e. The van der Waals surface area contributed by atoms with E-state index in [-0.39, 0.29) is 18.2 Å². The minimum Gasteiger partial charge on any atom is -0.480 e. The summed E-state index contributed by atoms with van der Waals surface area (Å²) in [4.78, 5) is 17.5. The first-order valence-corrected chi connectivity index (χ1v) is 11.7. The van der Waals surface area contributed by atoms with Gasteiger partial charge < -0.3 is 9.63 Å². The fraction of sp³-hybridized carbons (Fsp3) is 0.280. The highest BCUT2D eigenvalue weighted by atomic mass is 31.1. The molecule has 7 heteroatoms. The van der Waals surface area contributed by atoms with Crippen molar-refractivity contribution in [1.82, 2.24) is 4.98 Å². The molecule has 3 atom stereocenters. The van der Waals surface area contributed by atoms with E-state index in [0.717, 1.165) is 5.39 Å². The summed E-state index contributed by atoms with van der Waals surface area (Å²) in [6, 6.07) is 17.0. The van der Waals surface area contributed by atoms with Gasteiger partial charge in [0.15, 0.2) is 5.16 Å². The van der Waals surface area contributed by atoms with Crippen LogP contribution < -0.4 is 0 Å². The average Bonchev–Trinajstić information content (AvgIpc) is 2.78. The van der Waals surface area contributed by atoms with Gasteiger partial charge in [0.25, 0.3) is 0 Å². The average molecular weight is 455 g/mol. The summed E-state index contributed by atoms with van der Waals surface area (Å²) < 4.78 is 31.9. The van der Waals surface area contributed by atoms with E-state index >= 15 is 0 Å². The highest BCUT2D eigenvalue weighted by Gasteiger charge is 2.51. The Morgan fingerprint density at radius 1 is 1.16 bits per heavy atom. The topological polar surface area (TPSA) is 76.5 Å². The zero-order chi connectivity index (χ0) is 23.3. The lowest BCUT2D eigenvalue weighted by atomic mass is 9.82. The Morgan fingerprint density at radius 3 is 2.47 bits per heavy atom. The first-order valence-electron chi connectivity index (χ1n) is 10.4. The Bertz CT molecular complexity index is 1150. The number of carboxylic acid groups (broad SMARTS) is 1. The van der Waals surface area contributed by atoms with Crippen molar-refractivity contribution in [2.24, 2.45) is 5.92 Å². The van der Waals surface area contributed by atoms with Crippen molar-refractivity contribution in [3.8, 4) is 0 Å². The zero-order valence-electron chi connectivity index (χ0n) is 18.3. The van der Waals surface area contributed by atoms with Crippen LogP contribution in [0, 0.1) is 11.7 Å². The third-order valence-electron chi connectivity index (χ3n) is 5.50. The van der Waals surface area contributed by atoms with Gasteiger partial charge in [-0.05, 0) is 42.2 Å². The van der Waals surface area contributed by atoms with E-state index in [4.69, 9.17) is 9.51 Å². The summed E-state index contributed by atoms with van der Waals surface area (Å²) in [5.41, 5.74) is 1.90. The number of hydrogen-bond acceptors (Lipinski definition) is 4. The van der Waals surface area contributed by atoms with Crippen molar-refractivity contribution in [2.75, 3.05) is 7.11 Å². The second-order valence-electron chi connectivity index (χ2n) is 8.08. The maximum Gasteiger partial charge on any atom is 0.323 e. The maximum atomic E-state index is 13.5. The normalized spacial score (nSPS) is 15.7. The van der Waals surface area contributed by atoms with Gasteiger partial charge in [0, 0.05) is 24.1 Å². The number of carboxylic acids is 1. The molecule has 0 aliphatic rings. The van der Waals surface area contributed by atoms with E-state index in [1.807, 2.05) is 44.2 Å². The molecule has 5 nitrogen and oxygen atoms in total. The third-order valence-corrected chi connectivity index (χ3v) is 7.28.